The van der Waals surface area contributed by atoms with E-state index in [-0.39, 0.29) is 5.41 Å². The molecule has 3 atom stereocenters. The summed E-state index contributed by atoms with van der Waals surface area (Å²) < 4.78 is 0. The van der Waals surface area contributed by atoms with Crippen LogP contribution in [-0.4, -0.2) is 5.78 Å². The van der Waals surface area contributed by atoms with Crippen LogP contribution in [0.1, 0.15) is 53.9 Å². The van der Waals surface area contributed by atoms with Crippen LogP contribution in [-0.2, 0) is 0 Å². The first kappa shape index (κ1) is 13.8. The molecule has 0 heterocycles. The van der Waals surface area contributed by atoms with E-state index in [1.54, 1.807) is 0 Å². The van der Waals surface area contributed by atoms with Crippen molar-refractivity contribution in [2.45, 2.75) is 38.0 Å². The molecular formula is C21H22O. The lowest BCUT2D eigenvalue weighted by Gasteiger charge is -2.58. The summed E-state index contributed by atoms with van der Waals surface area (Å²) in [4.78, 5) is 13.4. The number of fused-ring (bicyclic) bond motifs is 1. The third-order valence-electron chi connectivity index (χ3n) is 5.92. The van der Waals surface area contributed by atoms with Crippen LogP contribution in [0.25, 0.3) is 0 Å². The molecule has 2 aromatic carbocycles. The Labute approximate surface area is 132 Å². The van der Waals surface area contributed by atoms with Crippen molar-refractivity contribution in [3.05, 3.63) is 71.8 Å². The van der Waals surface area contributed by atoms with E-state index in [1.807, 2.05) is 30.3 Å². The van der Waals surface area contributed by atoms with E-state index in [1.165, 1.54) is 31.2 Å². The molecule has 0 saturated heterocycles. The Morgan fingerprint density at radius 1 is 0.909 bits per heavy atom. The Kier molecular flexibility index (Phi) is 3.37. The van der Waals surface area contributed by atoms with Gasteiger partial charge in [-0.15, -0.1) is 0 Å². The van der Waals surface area contributed by atoms with Gasteiger partial charge in [-0.25, -0.2) is 0 Å². The summed E-state index contributed by atoms with van der Waals surface area (Å²) in [6, 6.07) is 20.6. The Morgan fingerprint density at radius 2 is 1.59 bits per heavy atom. The fourth-order valence-electron chi connectivity index (χ4n) is 4.83. The molecule has 0 radical (unpaired) electrons. The molecule has 0 aliphatic heterocycles. The third kappa shape index (κ3) is 1.95. The first-order valence-electron chi connectivity index (χ1n) is 8.47. The first-order chi connectivity index (χ1) is 10.8. The summed E-state index contributed by atoms with van der Waals surface area (Å²) in [6.45, 7) is 0. The van der Waals surface area contributed by atoms with E-state index in [0.29, 0.717) is 17.6 Å². The topological polar surface area (TPSA) is 17.1 Å². The predicted octanol–water partition coefficient (Wildman–Crippen LogP) is 5.23. The second kappa shape index (κ2) is 5.39. The number of hydrogen-bond acceptors (Lipinski definition) is 1. The van der Waals surface area contributed by atoms with E-state index < -0.39 is 0 Å². The summed E-state index contributed by atoms with van der Waals surface area (Å²) in [5.74, 6) is 1.38. The summed E-state index contributed by atoms with van der Waals surface area (Å²) in [5, 5.41) is 0. The number of benzene rings is 2. The van der Waals surface area contributed by atoms with Gasteiger partial charge >= 0.3 is 0 Å². The van der Waals surface area contributed by atoms with Gasteiger partial charge in [0.15, 0.2) is 5.78 Å². The van der Waals surface area contributed by atoms with Crippen LogP contribution in [0.15, 0.2) is 60.7 Å². The second-order valence-corrected chi connectivity index (χ2v) is 6.88. The number of hydrogen-bond donors (Lipinski definition) is 0. The van der Waals surface area contributed by atoms with Crippen molar-refractivity contribution in [3.63, 3.8) is 0 Å². The number of carbonyl (C=O) groups is 1. The number of rotatable bonds is 3. The molecule has 0 N–H and O–H groups in total. The Hall–Kier alpha value is -1.89. The lowest BCUT2D eigenvalue weighted by Crippen LogP contribution is -2.54. The van der Waals surface area contributed by atoms with E-state index in [4.69, 9.17) is 0 Å². The highest BCUT2D eigenvalue weighted by molar-refractivity contribution is 6.02. The highest BCUT2D eigenvalue weighted by Crippen LogP contribution is 2.64. The molecule has 0 bridgehead atoms. The summed E-state index contributed by atoms with van der Waals surface area (Å²) in [7, 11) is 0. The van der Waals surface area contributed by atoms with Gasteiger partial charge in [0.25, 0.3) is 0 Å². The lowest BCUT2D eigenvalue weighted by atomic mass is 9.44. The van der Waals surface area contributed by atoms with Crippen LogP contribution in [0.5, 0.6) is 0 Å². The standard InChI is InChI=1S/C21H22O/c22-20(17-11-5-2-6-12-17)21-14-8-7-13-18(21)15-19(21)16-9-3-1-4-10-16/h1-6,9-12,18-19H,7-8,13-15H2/t18-,19-,21+/m0/s1. The molecule has 1 nitrogen and oxygen atoms in total. The molecule has 22 heavy (non-hydrogen) atoms. The van der Waals surface area contributed by atoms with Crippen LogP contribution in [0.4, 0.5) is 0 Å². The molecule has 2 fully saturated rings. The zero-order valence-electron chi connectivity index (χ0n) is 12.9. The monoisotopic (exact) mass is 290 g/mol. The van der Waals surface area contributed by atoms with Crippen molar-refractivity contribution in [1.82, 2.24) is 0 Å². The van der Waals surface area contributed by atoms with Gasteiger partial charge in [0.1, 0.15) is 0 Å². The number of ketones is 1. The zero-order chi connectivity index (χ0) is 15.0. The molecule has 0 spiro atoms. The van der Waals surface area contributed by atoms with E-state index in [0.717, 1.165) is 12.0 Å². The summed E-state index contributed by atoms with van der Waals surface area (Å²) in [6.07, 6.45) is 5.95. The molecule has 0 amide bonds. The SMILES string of the molecule is O=C(c1ccccc1)[C@]12CCCC[C@H]1C[C@H]2c1ccccc1. The van der Waals surface area contributed by atoms with E-state index in [2.05, 4.69) is 30.3 Å². The molecule has 2 aromatic rings. The Bertz CT molecular complexity index is 661. The average molecular weight is 290 g/mol. The minimum absolute atomic E-state index is 0.138. The van der Waals surface area contributed by atoms with Crippen LogP contribution >= 0.6 is 0 Å². The van der Waals surface area contributed by atoms with Gasteiger partial charge in [0.05, 0.1) is 0 Å². The summed E-state index contributed by atoms with van der Waals surface area (Å²) >= 11 is 0. The van der Waals surface area contributed by atoms with Gasteiger partial charge < -0.3 is 0 Å². The molecule has 112 valence electrons. The zero-order valence-corrected chi connectivity index (χ0v) is 12.9. The average Bonchev–Trinajstić information content (AvgIpc) is 2.57. The smallest absolute Gasteiger partial charge is 0.169 e. The van der Waals surface area contributed by atoms with Gasteiger partial charge in [-0.05, 0) is 36.7 Å². The minimum Gasteiger partial charge on any atom is -0.294 e. The van der Waals surface area contributed by atoms with Gasteiger partial charge in [-0.3, -0.25) is 4.79 Å². The minimum atomic E-state index is -0.138. The largest absolute Gasteiger partial charge is 0.294 e. The maximum atomic E-state index is 13.4. The molecule has 2 aliphatic rings. The Balaban J connectivity index is 1.75. The molecule has 4 rings (SSSR count). The van der Waals surface area contributed by atoms with Gasteiger partial charge in [-0.1, -0.05) is 73.5 Å². The van der Waals surface area contributed by atoms with Gasteiger partial charge in [0.2, 0.25) is 0 Å². The summed E-state index contributed by atoms with van der Waals surface area (Å²) in [5.41, 5.74) is 2.11. The molecule has 1 heteroatoms. The van der Waals surface area contributed by atoms with Crippen molar-refractivity contribution in [3.8, 4) is 0 Å². The molecule has 0 aromatic heterocycles. The van der Waals surface area contributed by atoms with E-state index >= 15 is 0 Å². The second-order valence-electron chi connectivity index (χ2n) is 6.88. The lowest BCUT2D eigenvalue weighted by molar-refractivity contribution is -0.0212. The van der Waals surface area contributed by atoms with Crippen molar-refractivity contribution in [2.75, 3.05) is 0 Å². The van der Waals surface area contributed by atoms with Crippen molar-refractivity contribution in [2.24, 2.45) is 11.3 Å². The van der Waals surface area contributed by atoms with Crippen molar-refractivity contribution >= 4 is 5.78 Å². The van der Waals surface area contributed by atoms with Crippen LogP contribution < -0.4 is 0 Å². The van der Waals surface area contributed by atoms with Crippen molar-refractivity contribution < 1.29 is 4.79 Å². The number of carbonyl (C=O) groups excluding carboxylic acids is 1. The van der Waals surface area contributed by atoms with E-state index in [9.17, 15) is 4.79 Å². The maximum Gasteiger partial charge on any atom is 0.169 e. The van der Waals surface area contributed by atoms with Gasteiger partial charge in [0, 0.05) is 11.0 Å². The highest BCUT2D eigenvalue weighted by atomic mass is 16.1. The van der Waals surface area contributed by atoms with Gasteiger partial charge in [-0.2, -0.15) is 0 Å². The quantitative estimate of drug-likeness (QED) is 0.707. The number of Topliss-reactive ketones (excluding diaryl/α,β-unsaturated/α-hetero) is 1. The third-order valence-corrected chi connectivity index (χ3v) is 5.92. The van der Waals surface area contributed by atoms with Crippen molar-refractivity contribution in [1.29, 1.82) is 0 Å². The highest BCUT2D eigenvalue weighted by Gasteiger charge is 2.60. The molecule has 0 unspecified atom stereocenters. The molecule has 2 aliphatic carbocycles. The molecular weight excluding hydrogens is 268 g/mol. The fraction of sp³-hybridized carbons (Fsp3) is 0.381. The predicted molar refractivity (Wildman–Crippen MR) is 89.0 cm³/mol. The molecule has 2 saturated carbocycles. The van der Waals surface area contributed by atoms with Crippen LogP contribution in [0, 0.1) is 11.3 Å². The van der Waals surface area contributed by atoms with Crippen LogP contribution in [0.2, 0.25) is 0 Å². The normalized spacial score (nSPS) is 30.2. The first-order valence-corrected chi connectivity index (χ1v) is 8.47. The fourth-order valence-corrected chi connectivity index (χ4v) is 4.83. The van der Waals surface area contributed by atoms with Crippen LogP contribution in [0.3, 0.4) is 0 Å². The Morgan fingerprint density at radius 3 is 2.27 bits per heavy atom. The maximum absolute atomic E-state index is 13.4.